The Balaban J connectivity index is 1.50. The molecule has 1 aliphatic carbocycles. The lowest BCUT2D eigenvalue weighted by molar-refractivity contribution is -0.129. The SMILES string of the molecule is CCCc1ccc(C(NC(=O)C2CC(=O)N(C3CC3)C2)c2cccs2)cc1. The van der Waals surface area contributed by atoms with E-state index in [0.717, 1.165) is 36.1 Å². The molecule has 4 rings (SSSR count). The molecule has 2 aromatic rings. The second-order valence-electron chi connectivity index (χ2n) is 7.63. The van der Waals surface area contributed by atoms with Gasteiger partial charge in [0.15, 0.2) is 0 Å². The Morgan fingerprint density at radius 2 is 2.04 bits per heavy atom. The number of thiophene rings is 1. The molecule has 0 spiro atoms. The second kappa shape index (κ2) is 7.85. The predicted octanol–water partition coefficient (Wildman–Crippen LogP) is 3.92. The number of hydrogen-bond donors (Lipinski definition) is 1. The fraction of sp³-hybridized carbons (Fsp3) is 0.455. The van der Waals surface area contributed by atoms with Crippen molar-refractivity contribution in [2.24, 2.45) is 5.92 Å². The molecule has 2 aliphatic rings. The first kappa shape index (κ1) is 18.2. The van der Waals surface area contributed by atoms with Crippen LogP contribution in [0.15, 0.2) is 41.8 Å². The van der Waals surface area contributed by atoms with E-state index in [9.17, 15) is 9.59 Å². The van der Waals surface area contributed by atoms with Crippen molar-refractivity contribution in [2.75, 3.05) is 6.54 Å². The zero-order valence-corrected chi connectivity index (χ0v) is 16.5. The van der Waals surface area contributed by atoms with Gasteiger partial charge in [0.2, 0.25) is 11.8 Å². The zero-order valence-electron chi connectivity index (χ0n) is 15.7. The van der Waals surface area contributed by atoms with Gasteiger partial charge in [-0.1, -0.05) is 43.7 Å². The van der Waals surface area contributed by atoms with Gasteiger partial charge in [0.05, 0.1) is 12.0 Å². The lowest BCUT2D eigenvalue weighted by Gasteiger charge is -2.21. The van der Waals surface area contributed by atoms with E-state index in [0.29, 0.717) is 19.0 Å². The summed E-state index contributed by atoms with van der Waals surface area (Å²) in [5.41, 5.74) is 2.41. The fourth-order valence-electron chi connectivity index (χ4n) is 3.85. The standard InChI is InChI=1S/C22H26N2O2S/c1-2-4-15-6-8-16(9-7-15)21(19-5-3-12-27-19)23-22(26)17-13-20(25)24(14-17)18-10-11-18/h3,5-9,12,17-18,21H,2,4,10-11,13-14H2,1H3,(H,23,26). The van der Waals surface area contributed by atoms with Gasteiger partial charge < -0.3 is 10.2 Å². The molecule has 1 N–H and O–H groups in total. The van der Waals surface area contributed by atoms with Gasteiger partial charge in [-0.25, -0.2) is 0 Å². The molecule has 1 saturated heterocycles. The van der Waals surface area contributed by atoms with Gasteiger partial charge in [0.1, 0.15) is 0 Å². The van der Waals surface area contributed by atoms with Crippen LogP contribution in [0.2, 0.25) is 0 Å². The van der Waals surface area contributed by atoms with Gasteiger partial charge >= 0.3 is 0 Å². The average Bonchev–Trinajstić information content (AvgIpc) is 3.21. The molecule has 1 aliphatic heterocycles. The molecule has 0 bridgehead atoms. The minimum Gasteiger partial charge on any atom is -0.344 e. The van der Waals surface area contributed by atoms with Crippen LogP contribution in [-0.4, -0.2) is 29.3 Å². The summed E-state index contributed by atoms with van der Waals surface area (Å²) in [5, 5.41) is 5.26. The largest absolute Gasteiger partial charge is 0.344 e. The third kappa shape index (κ3) is 4.08. The van der Waals surface area contributed by atoms with Gasteiger partial charge in [-0.3, -0.25) is 9.59 Å². The van der Waals surface area contributed by atoms with Crippen LogP contribution in [-0.2, 0) is 16.0 Å². The van der Waals surface area contributed by atoms with Crippen LogP contribution in [0.4, 0.5) is 0 Å². The van der Waals surface area contributed by atoms with Crippen LogP contribution in [0.5, 0.6) is 0 Å². The van der Waals surface area contributed by atoms with Crippen molar-refractivity contribution in [3.63, 3.8) is 0 Å². The zero-order chi connectivity index (χ0) is 18.8. The summed E-state index contributed by atoms with van der Waals surface area (Å²) in [6.45, 7) is 2.75. The minimum absolute atomic E-state index is 0.0115. The van der Waals surface area contributed by atoms with E-state index in [-0.39, 0.29) is 23.8 Å². The first-order chi connectivity index (χ1) is 13.2. The highest BCUT2D eigenvalue weighted by Gasteiger charge is 2.42. The van der Waals surface area contributed by atoms with Crippen LogP contribution < -0.4 is 5.32 Å². The molecule has 2 unspecified atom stereocenters. The normalized spacial score (nSPS) is 20.7. The Hall–Kier alpha value is -2.14. The summed E-state index contributed by atoms with van der Waals surface area (Å²) in [7, 11) is 0. The number of nitrogens with zero attached hydrogens (tertiary/aromatic N) is 1. The molecule has 5 heteroatoms. The first-order valence-corrected chi connectivity index (χ1v) is 10.8. The fourth-order valence-corrected chi connectivity index (χ4v) is 4.65. The highest BCUT2D eigenvalue weighted by atomic mass is 32.1. The maximum absolute atomic E-state index is 12.9. The maximum atomic E-state index is 12.9. The van der Waals surface area contributed by atoms with Crippen molar-refractivity contribution in [2.45, 2.75) is 51.1 Å². The summed E-state index contributed by atoms with van der Waals surface area (Å²) in [6.07, 6.45) is 4.70. The number of likely N-dealkylation sites (tertiary alicyclic amines) is 1. The van der Waals surface area contributed by atoms with E-state index in [1.54, 1.807) is 11.3 Å². The molecule has 1 saturated carbocycles. The Labute approximate surface area is 164 Å². The summed E-state index contributed by atoms with van der Waals surface area (Å²) in [4.78, 5) is 28.2. The number of hydrogen-bond acceptors (Lipinski definition) is 3. The Morgan fingerprint density at radius 3 is 2.67 bits per heavy atom. The van der Waals surface area contributed by atoms with Gasteiger partial charge in [-0.2, -0.15) is 0 Å². The molecule has 0 radical (unpaired) electrons. The molecule has 2 heterocycles. The van der Waals surface area contributed by atoms with Crippen molar-refractivity contribution < 1.29 is 9.59 Å². The number of carbonyl (C=O) groups excluding carboxylic acids is 2. The molecule has 2 fully saturated rings. The van der Waals surface area contributed by atoms with Crippen LogP contribution in [0.1, 0.15) is 54.7 Å². The van der Waals surface area contributed by atoms with Crippen LogP contribution in [0, 0.1) is 5.92 Å². The maximum Gasteiger partial charge on any atom is 0.226 e. The van der Waals surface area contributed by atoms with E-state index >= 15 is 0 Å². The lowest BCUT2D eigenvalue weighted by atomic mass is 10.0. The average molecular weight is 383 g/mol. The van der Waals surface area contributed by atoms with E-state index < -0.39 is 0 Å². The molecule has 2 atom stereocenters. The second-order valence-corrected chi connectivity index (χ2v) is 8.61. The van der Waals surface area contributed by atoms with Gasteiger partial charge in [0, 0.05) is 23.9 Å². The number of nitrogens with one attached hydrogen (secondary N) is 1. The van der Waals surface area contributed by atoms with Gasteiger partial charge in [-0.15, -0.1) is 11.3 Å². The molecule has 2 amide bonds. The van der Waals surface area contributed by atoms with E-state index in [2.05, 4.69) is 42.6 Å². The molecular weight excluding hydrogens is 356 g/mol. The van der Waals surface area contributed by atoms with E-state index in [1.807, 2.05) is 16.3 Å². The highest BCUT2D eigenvalue weighted by Crippen LogP contribution is 2.33. The van der Waals surface area contributed by atoms with E-state index in [1.165, 1.54) is 5.56 Å². The summed E-state index contributed by atoms with van der Waals surface area (Å²) < 4.78 is 0. The number of rotatable bonds is 7. The quantitative estimate of drug-likeness (QED) is 0.789. The number of amides is 2. The third-order valence-corrected chi connectivity index (χ3v) is 6.42. The van der Waals surface area contributed by atoms with Crippen molar-refractivity contribution in [1.82, 2.24) is 10.2 Å². The van der Waals surface area contributed by atoms with Gasteiger partial charge in [0.25, 0.3) is 0 Å². The third-order valence-electron chi connectivity index (χ3n) is 5.48. The van der Waals surface area contributed by atoms with Crippen molar-refractivity contribution in [3.8, 4) is 0 Å². The monoisotopic (exact) mass is 382 g/mol. The Bertz CT molecular complexity index is 796. The van der Waals surface area contributed by atoms with Crippen molar-refractivity contribution in [1.29, 1.82) is 0 Å². The number of carbonyl (C=O) groups is 2. The summed E-state index contributed by atoms with van der Waals surface area (Å²) in [6, 6.07) is 12.8. The predicted molar refractivity (Wildman–Crippen MR) is 108 cm³/mol. The van der Waals surface area contributed by atoms with E-state index in [4.69, 9.17) is 0 Å². The smallest absolute Gasteiger partial charge is 0.226 e. The van der Waals surface area contributed by atoms with Crippen molar-refractivity contribution >= 4 is 23.2 Å². The minimum atomic E-state index is -0.236. The topological polar surface area (TPSA) is 49.4 Å². The Kier molecular flexibility index (Phi) is 5.30. The molecular formula is C22H26N2O2S. The molecule has 4 nitrogen and oxygen atoms in total. The summed E-state index contributed by atoms with van der Waals surface area (Å²) >= 11 is 1.65. The number of aryl methyl sites for hydroxylation is 1. The molecule has 1 aromatic carbocycles. The van der Waals surface area contributed by atoms with Crippen LogP contribution in [0.3, 0.4) is 0 Å². The van der Waals surface area contributed by atoms with Crippen LogP contribution in [0.25, 0.3) is 0 Å². The summed E-state index contributed by atoms with van der Waals surface area (Å²) in [5.74, 6) is -0.114. The number of benzene rings is 1. The lowest BCUT2D eigenvalue weighted by Crippen LogP contribution is -2.36. The van der Waals surface area contributed by atoms with Gasteiger partial charge in [-0.05, 0) is 41.8 Å². The van der Waals surface area contributed by atoms with Crippen LogP contribution >= 0.6 is 11.3 Å². The highest BCUT2D eigenvalue weighted by molar-refractivity contribution is 7.10. The Morgan fingerprint density at radius 1 is 1.26 bits per heavy atom. The first-order valence-electron chi connectivity index (χ1n) is 9.87. The van der Waals surface area contributed by atoms with Crippen molar-refractivity contribution in [3.05, 3.63) is 57.8 Å². The molecule has 1 aromatic heterocycles. The molecule has 142 valence electrons. The molecule has 27 heavy (non-hydrogen) atoms.